The third kappa shape index (κ3) is 6.30. The molecule has 3 heterocycles. The van der Waals surface area contributed by atoms with Crippen LogP contribution in [0, 0.1) is 5.92 Å². The number of hydrogen-bond acceptors (Lipinski definition) is 7. The van der Waals surface area contributed by atoms with Crippen molar-refractivity contribution >= 4 is 23.4 Å². The van der Waals surface area contributed by atoms with E-state index in [-0.39, 0.29) is 5.91 Å². The summed E-state index contributed by atoms with van der Waals surface area (Å²) < 4.78 is 0. The minimum absolute atomic E-state index is 0.0539. The Hall–Kier alpha value is -2.87. The molecule has 2 fully saturated rings. The van der Waals surface area contributed by atoms with Crippen LogP contribution in [-0.2, 0) is 0 Å². The first-order chi connectivity index (χ1) is 15.3. The van der Waals surface area contributed by atoms with E-state index >= 15 is 0 Å². The third-order valence-electron chi connectivity index (χ3n) is 5.98. The summed E-state index contributed by atoms with van der Waals surface area (Å²) in [6, 6.07) is 9.73. The van der Waals surface area contributed by atoms with Gasteiger partial charge < -0.3 is 26.2 Å². The molecule has 4 N–H and O–H groups in total. The Morgan fingerprint density at radius 2 is 1.81 bits per heavy atom. The molecule has 31 heavy (non-hydrogen) atoms. The second kappa shape index (κ2) is 10.9. The fraction of sp³-hybridized carbons (Fsp3) is 0.522. The standard InChI is InChI=1S/C23H33N7O/c31-22(19-3-5-20(6-4-19)30-15-1-2-16-30)26-14-13-25-21-9-12-27-23(29-21)28-17-18-7-10-24-11-8-18/h3-6,9,12,18,24H,1-2,7-8,10-11,13-17H2,(H,26,31)(H2,25,27,28,29). The van der Waals surface area contributed by atoms with E-state index in [2.05, 4.69) is 36.1 Å². The normalized spacial score (nSPS) is 16.8. The minimum atomic E-state index is -0.0539. The number of carbonyl (C=O) groups excluding carboxylic acids is 1. The molecule has 2 aromatic rings. The molecule has 1 amide bonds. The molecule has 166 valence electrons. The van der Waals surface area contributed by atoms with Crippen LogP contribution >= 0.6 is 0 Å². The van der Waals surface area contributed by atoms with Gasteiger partial charge >= 0.3 is 0 Å². The quantitative estimate of drug-likeness (QED) is 0.460. The van der Waals surface area contributed by atoms with Crippen LogP contribution in [-0.4, -0.2) is 61.7 Å². The summed E-state index contributed by atoms with van der Waals surface area (Å²) in [7, 11) is 0. The van der Waals surface area contributed by atoms with Crippen LogP contribution in [0.4, 0.5) is 17.5 Å². The monoisotopic (exact) mass is 423 g/mol. The number of amides is 1. The second-order valence-corrected chi connectivity index (χ2v) is 8.26. The summed E-state index contributed by atoms with van der Waals surface area (Å²) >= 11 is 0. The number of rotatable bonds is 9. The molecule has 0 spiro atoms. The number of nitrogens with zero attached hydrogens (tertiary/aromatic N) is 3. The van der Waals surface area contributed by atoms with Gasteiger partial charge in [-0.25, -0.2) is 4.98 Å². The molecule has 1 aromatic heterocycles. The summed E-state index contributed by atoms with van der Waals surface area (Å²) in [5.41, 5.74) is 1.89. The lowest BCUT2D eigenvalue weighted by Gasteiger charge is -2.22. The van der Waals surface area contributed by atoms with Crippen molar-refractivity contribution in [3.8, 4) is 0 Å². The summed E-state index contributed by atoms with van der Waals surface area (Å²) in [5.74, 6) is 2.01. The zero-order valence-corrected chi connectivity index (χ0v) is 18.1. The summed E-state index contributed by atoms with van der Waals surface area (Å²) in [4.78, 5) is 23.6. The molecule has 2 aliphatic rings. The number of anilines is 3. The molecule has 0 saturated carbocycles. The van der Waals surface area contributed by atoms with Gasteiger partial charge in [0.2, 0.25) is 5.95 Å². The number of piperidine rings is 1. The molecule has 8 heteroatoms. The fourth-order valence-electron chi connectivity index (χ4n) is 4.13. The SMILES string of the molecule is O=C(NCCNc1ccnc(NCC2CCNCC2)n1)c1ccc(N2CCCC2)cc1. The molecule has 4 rings (SSSR count). The summed E-state index contributed by atoms with van der Waals surface area (Å²) in [6.45, 7) is 6.41. The molecule has 0 bridgehead atoms. The molecule has 1 aromatic carbocycles. The van der Waals surface area contributed by atoms with Gasteiger partial charge in [0.15, 0.2) is 0 Å². The predicted molar refractivity (Wildman–Crippen MR) is 125 cm³/mol. The molecule has 0 atom stereocenters. The van der Waals surface area contributed by atoms with Gasteiger partial charge in [-0.05, 0) is 75.0 Å². The van der Waals surface area contributed by atoms with Gasteiger partial charge in [-0.3, -0.25) is 4.79 Å². The first-order valence-electron chi connectivity index (χ1n) is 11.4. The lowest BCUT2D eigenvalue weighted by atomic mass is 9.98. The van der Waals surface area contributed by atoms with Crippen LogP contribution < -0.4 is 26.2 Å². The first kappa shape index (κ1) is 21.4. The van der Waals surface area contributed by atoms with Crippen molar-refractivity contribution in [3.05, 3.63) is 42.1 Å². The highest BCUT2D eigenvalue weighted by Crippen LogP contribution is 2.20. The zero-order valence-electron chi connectivity index (χ0n) is 18.1. The molecule has 0 unspecified atom stereocenters. The van der Waals surface area contributed by atoms with E-state index in [1.807, 2.05) is 30.3 Å². The number of aromatic nitrogens is 2. The van der Waals surface area contributed by atoms with E-state index in [9.17, 15) is 4.79 Å². The van der Waals surface area contributed by atoms with Crippen molar-refractivity contribution in [2.75, 3.05) is 61.3 Å². The Kier molecular flexibility index (Phi) is 7.55. The lowest BCUT2D eigenvalue weighted by molar-refractivity contribution is 0.0955. The maximum Gasteiger partial charge on any atom is 0.251 e. The Labute approximate surface area is 184 Å². The van der Waals surface area contributed by atoms with Crippen LogP contribution in [0.2, 0.25) is 0 Å². The van der Waals surface area contributed by atoms with E-state index in [4.69, 9.17) is 0 Å². The topological polar surface area (TPSA) is 94.2 Å². The number of benzene rings is 1. The Morgan fingerprint density at radius 1 is 1.03 bits per heavy atom. The third-order valence-corrected chi connectivity index (χ3v) is 5.98. The van der Waals surface area contributed by atoms with Crippen molar-refractivity contribution in [1.29, 1.82) is 0 Å². The van der Waals surface area contributed by atoms with Gasteiger partial charge in [-0.15, -0.1) is 0 Å². The highest BCUT2D eigenvalue weighted by atomic mass is 16.1. The maximum atomic E-state index is 12.4. The van der Waals surface area contributed by atoms with Crippen molar-refractivity contribution in [2.45, 2.75) is 25.7 Å². The average Bonchev–Trinajstić information content (AvgIpc) is 3.37. The van der Waals surface area contributed by atoms with Gasteiger partial charge in [0.05, 0.1) is 0 Å². The Bertz CT molecular complexity index is 830. The van der Waals surface area contributed by atoms with E-state index in [1.54, 1.807) is 6.20 Å². The smallest absolute Gasteiger partial charge is 0.251 e. The van der Waals surface area contributed by atoms with Crippen LogP contribution in [0.15, 0.2) is 36.5 Å². The average molecular weight is 424 g/mol. The maximum absolute atomic E-state index is 12.4. The molecular weight excluding hydrogens is 390 g/mol. The van der Waals surface area contributed by atoms with Gasteiger partial charge in [-0.2, -0.15) is 4.98 Å². The Balaban J connectivity index is 1.17. The largest absolute Gasteiger partial charge is 0.372 e. The fourth-order valence-corrected chi connectivity index (χ4v) is 4.13. The summed E-state index contributed by atoms with van der Waals surface area (Å²) in [5, 5.41) is 12.9. The molecule has 2 saturated heterocycles. The highest BCUT2D eigenvalue weighted by Gasteiger charge is 2.14. The Morgan fingerprint density at radius 3 is 2.58 bits per heavy atom. The zero-order chi connectivity index (χ0) is 21.3. The van der Waals surface area contributed by atoms with Crippen molar-refractivity contribution < 1.29 is 4.79 Å². The summed E-state index contributed by atoms with van der Waals surface area (Å²) in [6.07, 6.45) is 6.62. The van der Waals surface area contributed by atoms with Gasteiger partial charge in [0, 0.05) is 50.2 Å². The van der Waals surface area contributed by atoms with E-state index in [0.717, 1.165) is 38.5 Å². The molecule has 0 radical (unpaired) electrons. The van der Waals surface area contributed by atoms with Crippen LogP contribution in [0.25, 0.3) is 0 Å². The van der Waals surface area contributed by atoms with E-state index in [0.29, 0.717) is 30.5 Å². The lowest BCUT2D eigenvalue weighted by Crippen LogP contribution is -2.31. The predicted octanol–water partition coefficient (Wildman–Crippen LogP) is 2.33. The van der Waals surface area contributed by atoms with Crippen molar-refractivity contribution in [2.24, 2.45) is 5.92 Å². The highest BCUT2D eigenvalue weighted by molar-refractivity contribution is 5.94. The second-order valence-electron chi connectivity index (χ2n) is 8.26. The minimum Gasteiger partial charge on any atom is -0.372 e. The first-order valence-corrected chi connectivity index (χ1v) is 11.4. The molecule has 8 nitrogen and oxygen atoms in total. The van der Waals surface area contributed by atoms with Crippen LogP contribution in [0.5, 0.6) is 0 Å². The number of carbonyl (C=O) groups is 1. The molecule has 0 aliphatic carbocycles. The molecule has 2 aliphatic heterocycles. The van der Waals surface area contributed by atoms with E-state index < -0.39 is 0 Å². The molecular formula is C23H33N7O. The van der Waals surface area contributed by atoms with Gasteiger partial charge in [0.25, 0.3) is 5.91 Å². The van der Waals surface area contributed by atoms with Crippen molar-refractivity contribution in [3.63, 3.8) is 0 Å². The van der Waals surface area contributed by atoms with Crippen molar-refractivity contribution in [1.82, 2.24) is 20.6 Å². The van der Waals surface area contributed by atoms with E-state index in [1.165, 1.54) is 31.4 Å². The van der Waals surface area contributed by atoms with Crippen LogP contribution in [0.1, 0.15) is 36.0 Å². The van der Waals surface area contributed by atoms with Gasteiger partial charge in [0.1, 0.15) is 5.82 Å². The number of nitrogens with one attached hydrogen (secondary N) is 4. The number of hydrogen-bond donors (Lipinski definition) is 4. The van der Waals surface area contributed by atoms with Gasteiger partial charge in [-0.1, -0.05) is 0 Å². The van der Waals surface area contributed by atoms with Crippen LogP contribution in [0.3, 0.4) is 0 Å².